The van der Waals surface area contributed by atoms with Gasteiger partial charge >= 0.3 is 12.1 Å². The zero-order valence-corrected chi connectivity index (χ0v) is 17.0. The first-order valence-electron chi connectivity index (χ1n) is 9.45. The largest absolute Gasteiger partial charge is 0.459 e. The van der Waals surface area contributed by atoms with Gasteiger partial charge in [0.2, 0.25) is 5.91 Å². The minimum atomic E-state index is -4.57. The number of ether oxygens (including phenoxy) is 1. The van der Waals surface area contributed by atoms with Crippen molar-refractivity contribution in [3.05, 3.63) is 34.0 Å². The van der Waals surface area contributed by atoms with E-state index in [1.807, 2.05) is 6.92 Å². The number of alkyl halides is 3. The fraction of sp³-hybridized carbons (Fsp3) is 0.526. The third kappa shape index (κ3) is 4.98. The maximum absolute atomic E-state index is 12.7. The molecule has 1 unspecified atom stereocenters. The van der Waals surface area contributed by atoms with E-state index in [9.17, 15) is 22.8 Å². The van der Waals surface area contributed by atoms with Gasteiger partial charge in [-0.25, -0.2) is 4.79 Å². The maximum Gasteiger partial charge on any atom is 0.435 e. The topological polar surface area (TPSA) is 73.2 Å². The maximum atomic E-state index is 12.7. The van der Waals surface area contributed by atoms with Crippen molar-refractivity contribution in [2.24, 2.45) is 0 Å². The van der Waals surface area contributed by atoms with Gasteiger partial charge in [-0.2, -0.15) is 18.3 Å². The number of hydrogen-bond donors (Lipinski definition) is 1. The molecule has 2 aromatic heterocycles. The van der Waals surface area contributed by atoms with Crippen LogP contribution in [0.25, 0.3) is 0 Å². The molecule has 0 fully saturated rings. The molecule has 3 rings (SSSR count). The van der Waals surface area contributed by atoms with Gasteiger partial charge in [-0.05, 0) is 50.7 Å². The number of anilines is 1. The molecule has 1 aliphatic rings. The number of carbonyl (C=O) groups is 2. The molecule has 1 aliphatic carbocycles. The van der Waals surface area contributed by atoms with E-state index in [4.69, 9.17) is 4.74 Å². The number of rotatable bonds is 6. The molecule has 0 saturated heterocycles. The van der Waals surface area contributed by atoms with Crippen LogP contribution in [0.2, 0.25) is 0 Å². The molecule has 1 atom stereocenters. The number of esters is 1. The van der Waals surface area contributed by atoms with E-state index in [-0.39, 0.29) is 6.10 Å². The van der Waals surface area contributed by atoms with Crippen LogP contribution in [0.3, 0.4) is 0 Å². The number of nitrogens with zero attached hydrogens (tertiary/aromatic N) is 2. The van der Waals surface area contributed by atoms with E-state index in [0.717, 1.165) is 53.1 Å². The summed E-state index contributed by atoms with van der Waals surface area (Å²) in [6.07, 6.45) is 0.466. The third-order valence-electron chi connectivity index (χ3n) is 4.75. The van der Waals surface area contributed by atoms with E-state index in [0.29, 0.717) is 17.0 Å². The number of amides is 1. The molecule has 0 aromatic carbocycles. The first-order chi connectivity index (χ1) is 13.7. The Morgan fingerprint density at radius 3 is 2.72 bits per heavy atom. The normalized spacial score (nSPS) is 14.9. The van der Waals surface area contributed by atoms with Crippen molar-refractivity contribution in [1.29, 1.82) is 0 Å². The molecule has 29 heavy (non-hydrogen) atoms. The van der Waals surface area contributed by atoms with E-state index < -0.39 is 30.3 Å². The summed E-state index contributed by atoms with van der Waals surface area (Å²) in [6.45, 7) is 3.31. The lowest BCUT2D eigenvalue weighted by atomic mass is 9.95. The zero-order chi connectivity index (χ0) is 21.2. The summed E-state index contributed by atoms with van der Waals surface area (Å²) < 4.78 is 44.4. The van der Waals surface area contributed by atoms with Crippen LogP contribution in [0.5, 0.6) is 0 Å². The lowest BCUT2D eigenvalue weighted by Gasteiger charge is -2.15. The van der Waals surface area contributed by atoms with E-state index in [1.54, 1.807) is 6.92 Å². The number of thiophene rings is 1. The summed E-state index contributed by atoms with van der Waals surface area (Å²) in [6, 6.07) is 0.812. The summed E-state index contributed by atoms with van der Waals surface area (Å²) >= 11 is 1.33. The summed E-state index contributed by atoms with van der Waals surface area (Å²) in [7, 11) is 0. The van der Waals surface area contributed by atoms with Crippen molar-refractivity contribution in [1.82, 2.24) is 9.78 Å². The lowest BCUT2D eigenvalue weighted by Crippen LogP contribution is -2.22. The number of carbonyl (C=O) groups excluding carboxylic acids is 2. The van der Waals surface area contributed by atoms with Gasteiger partial charge in [0, 0.05) is 11.1 Å². The Morgan fingerprint density at radius 2 is 2.07 bits per heavy atom. The molecule has 0 radical (unpaired) electrons. The van der Waals surface area contributed by atoms with Gasteiger partial charge in [-0.1, -0.05) is 6.92 Å². The number of fused-ring (bicyclic) bond motifs is 1. The zero-order valence-electron chi connectivity index (χ0n) is 16.1. The lowest BCUT2D eigenvalue weighted by molar-refractivity contribution is -0.141. The Kier molecular flexibility index (Phi) is 6.30. The molecule has 2 aromatic rings. The van der Waals surface area contributed by atoms with Crippen molar-refractivity contribution in [2.75, 3.05) is 5.32 Å². The van der Waals surface area contributed by atoms with Crippen molar-refractivity contribution in [2.45, 2.75) is 64.8 Å². The molecule has 2 heterocycles. The molecule has 0 bridgehead atoms. The van der Waals surface area contributed by atoms with Crippen LogP contribution in [0, 0.1) is 0 Å². The first-order valence-corrected chi connectivity index (χ1v) is 10.3. The quantitative estimate of drug-likeness (QED) is 0.690. The Labute approximate surface area is 170 Å². The number of hydrogen-bond acceptors (Lipinski definition) is 5. The molecule has 0 aliphatic heterocycles. The van der Waals surface area contributed by atoms with Crippen LogP contribution in [-0.4, -0.2) is 27.8 Å². The fourth-order valence-electron chi connectivity index (χ4n) is 3.11. The molecule has 10 heteroatoms. The Balaban J connectivity index is 1.79. The van der Waals surface area contributed by atoms with Gasteiger partial charge in [0.1, 0.15) is 11.5 Å². The Bertz CT molecular complexity index is 904. The first kappa shape index (κ1) is 21.4. The second-order valence-corrected chi connectivity index (χ2v) is 8.09. The van der Waals surface area contributed by atoms with Crippen molar-refractivity contribution >= 4 is 28.2 Å². The van der Waals surface area contributed by atoms with Crippen LogP contribution in [0.1, 0.15) is 59.6 Å². The summed E-state index contributed by atoms with van der Waals surface area (Å²) in [5.41, 5.74) is 0.216. The molecule has 158 valence electrons. The van der Waals surface area contributed by atoms with Crippen LogP contribution in [0.4, 0.5) is 18.2 Å². The Hall–Kier alpha value is -2.36. The van der Waals surface area contributed by atoms with Gasteiger partial charge in [-0.3, -0.25) is 9.48 Å². The molecule has 1 N–H and O–H groups in total. The molecule has 0 spiro atoms. The smallest absolute Gasteiger partial charge is 0.435 e. The molecular weight excluding hydrogens is 407 g/mol. The highest BCUT2D eigenvalue weighted by Gasteiger charge is 2.34. The van der Waals surface area contributed by atoms with Gasteiger partial charge in [-0.15, -0.1) is 11.3 Å². The highest BCUT2D eigenvalue weighted by molar-refractivity contribution is 7.17. The number of aromatic nitrogens is 2. The van der Waals surface area contributed by atoms with Crippen LogP contribution < -0.4 is 5.32 Å². The van der Waals surface area contributed by atoms with Crippen molar-refractivity contribution in [3.63, 3.8) is 0 Å². The molecule has 6 nitrogen and oxygen atoms in total. The standard InChI is InChI=1S/C19H22F3N3O3S/c1-3-11(2)28-18(27)16-12-6-4-5-7-13(12)29-17(16)23-15(26)10-25-9-8-14(24-25)19(20,21)22/h8-9,11H,3-7,10H2,1-2H3,(H,23,26). The van der Waals surface area contributed by atoms with E-state index >= 15 is 0 Å². The Morgan fingerprint density at radius 1 is 1.34 bits per heavy atom. The SMILES string of the molecule is CCC(C)OC(=O)c1c(NC(=O)Cn2ccc(C(F)(F)F)n2)sc2c1CCCC2. The summed E-state index contributed by atoms with van der Waals surface area (Å²) in [4.78, 5) is 26.2. The predicted molar refractivity (Wildman–Crippen MR) is 102 cm³/mol. The van der Waals surface area contributed by atoms with E-state index in [1.165, 1.54) is 11.3 Å². The van der Waals surface area contributed by atoms with Crippen LogP contribution in [0.15, 0.2) is 12.3 Å². The highest BCUT2D eigenvalue weighted by Crippen LogP contribution is 2.39. The molecular formula is C19H22F3N3O3S. The van der Waals surface area contributed by atoms with Crippen LogP contribution >= 0.6 is 11.3 Å². The average Bonchev–Trinajstić information content (AvgIpc) is 3.25. The van der Waals surface area contributed by atoms with Crippen LogP contribution in [-0.2, 0) is 35.1 Å². The van der Waals surface area contributed by atoms with Gasteiger partial charge in [0.05, 0.1) is 11.7 Å². The predicted octanol–water partition coefficient (Wildman–Crippen LogP) is 4.44. The third-order valence-corrected chi connectivity index (χ3v) is 5.96. The molecule has 1 amide bonds. The number of nitrogens with one attached hydrogen (secondary N) is 1. The van der Waals surface area contributed by atoms with Gasteiger partial charge in [0.15, 0.2) is 5.69 Å². The number of aryl methyl sites for hydroxylation is 1. The fourth-order valence-corrected chi connectivity index (χ4v) is 4.40. The van der Waals surface area contributed by atoms with E-state index in [2.05, 4.69) is 10.4 Å². The highest BCUT2D eigenvalue weighted by atomic mass is 32.1. The van der Waals surface area contributed by atoms with Gasteiger partial charge in [0.25, 0.3) is 0 Å². The van der Waals surface area contributed by atoms with Crippen molar-refractivity contribution < 1.29 is 27.5 Å². The van der Waals surface area contributed by atoms with Gasteiger partial charge < -0.3 is 10.1 Å². The average molecular weight is 429 g/mol. The second-order valence-electron chi connectivity index (χ2n) is 6.98. The summed E-state index contributed by atoms with van der Waals surface area (Å²) in [5, 5.41) is 6.44. The molecule has 0 saturated carbocycles. The minimum absolute atomic E-state index is 0.255. The monoisotopic (exact) mass is 429 g/mol. The second kappa shape index (κ2) is 8.56. The summed E-state index contributed by atoms with van der Waals surface area (Å²) in [5.74, 6) is -1.04. The minimum Gasteiger partial charge on any atom is -0.459 e. The van der Waals surface area contributed by atoms with Crippen molar-refractivity contribution in [3.8, 4) is 0 Å². The number of halogens is 3.